The summed E-state index contributed by atoms with van der Waals surface area (Å²) >= 11 is 8.29. The fourth-order valence-electron chi connectivity index (χ4n) is 2.62. The van der Waals surface area contributed by atoms with Gasteiger partial charge in [0, 0.05) is 17.3 Å². The first kappa shape index (κ1) is 21.4. The van der Waals surface area contributed by atoms with Gasteiger partial charge in [-0.2, -0.15) is 0 Å². The van der Waals surface area contributed by atoms with Crippen LogP contribution in [0.25, 0.3) is 10.2 Å². The smallest absolute Gasteiger partial charge is 0.305 e. The van der Waals surface area contributed by atoms with E-state index in [1.54, 1.807) is 35.7 Å². The Kier molecular flexibility index (Phi) is 6.94. The summed E-state index contributed by atoms with van der Waals surface area (Å²) in [4.78, 5) is 41.1. The van der Waals surface area contributed by atoms with Gasteiger partial charge in [-0.15, -0.1) is 11.3 Å². The number of rotatable bonds is 8. The van der Waals surface area contributed by atoms with Gasteiger partial charge in [0.25, 0.3) is 5.56 Å². The van der Waals surface area contributed by atoms with Crippen molar-refractivity contribution >= 4 is 62.5 Å². The third-order valence-corrected chi connectivity index (χ3v) is 6.60. The highest BCUT2D eigenvalue weighted by atomic mass is 35.5. The maximum Gasteiger partial charge on any atom is 0.305 e. The Bertz CT molecular complexity index is 1100. The van der Waals surface area contributed by atoms with Crippen molar-refractivity contribution in [1.82, 2.24) is 9.55 Å². The van der Waals surface area contributed by atoms with E-state index < -0.39 is 11.2 Å². The molecule has 0 unspecified atom stereocenters. The average molecular weight is 452 g/mol. The highest BCUT2D eigenvalue weighted by Crippen LogP contribution is 2.27. The number of aliphatic carboxylic acids is 1. The molecule has 0 bridgehead atoms. The third-order valence-electron chi connectivity index (χ3n) is 4.10. The number of halogens is 1. The van der Waals surface area contributed by atoms with E-state index in [4.69, 9.17) is 16.7 Å². The Labute approximate surface area is 179 Å². The Morgan fingerprint density at radius 1 is 1.31 bits per heavy atom. The minimum atomic E-state index is -1.01. The second-order valence-corrected chi connectivity index (χ2v) is 8.66. The Morgan fingerprint density at radius 3 is 2.69 bits per heavy atom. The number of thioether (sulfide) groups is 1. The number of benzene rings is 1. The monoisotopic (exact) mass is 451 g/mol. The predicted octanol–water partition coefficient (Wildman–Crippen LogP) is 4.10. The van der Waals surface area contributed by atoms with Crippen molar-refractivity contribution in [2.24, 2.45) is 0 Å². The lowest BCUT2D eigenvalue weighted by molar-refractivity contribution is -0.137. The van der Waals surface area contributed by atoms with Crippen molar-refractivity contribution in [2.45, 2.75) is 36.7 Å². The number of amides is 1. The number of nitrogens with zero attached hydrogens (tertiary/aromatic N) is 2. The summed E-state index contributed by atoms with van der Waals surface area (Å²) in [5.74, 6) is -1.24. The van der Waals surface area contributed by atoms with Crippen molar-refractivity contribution in [2.75, 3.05) is 5.32 Å². The molecule has 0 fully saturated rings. The molecule has 0 saturated carbocycles. The molecule has 0 radical (unpaired) electrons. The number of hydrogen-bond acceptors (Lipinski definition) is 6. The van der Waals surface area contributed by atoms with E-state index >= 15 is 0 Å². The number of carboxylic acids is 1. The fourth-order valence-corrected chi connectivity index (χ4v) is 4.57. The van der Waals surface area contributed by atoms with Gasteiger partial charge in [-0.25, -0.2) is 4.98 Å². The normalized spacial score (nSPS) is 12.1. The van der Waals surface area contributed by atoms with E-state index in [1.807, 2.05) is 6.92 Å². The van der Waals surface area contributed by atoms with Gasteiger partial charge in [-0.05, 0) is 42.1 Å². The van der Waals surface area contributed by atoms with Crippen molar-refractivity contribution < 1.29 is 14.7 Å². The topological polar surface area (TPSA) is 101 Å². The lowest BCUT2D eigenvalue weighted by Crippen LogP contribution is -2.28. The molecule has 2 aromatic heterocycles. The Morgan fingerprint density at radius 2 is 2.03 bits per heavy atom. The minimum Gasteiger partial charge on any atom is -0.481 e. The summed E-state index contributed by atoms with van der Waals surface area (Å²) in [5, 5.41) is 14.0. The number of hydrogen-bond donors (Lipinski definition) is 2. The summed E-state index contributed by atoms with van der Waals surface area (Å²) in [7, 11) is 0. The standard InChI is InChI=1S/C19H18ClN3O4S2/c1-2-14(17(26)21-12-5-3-11(20)4-6-12)29-19-22-13-8-10-28-16(13)18(27)23(19)9-7-15(24)25/h3-6,8,10,14H,2,7,9H2,1H3,(H,21,26)(H,24,25)/t14-/m1/s1. The van der Waals surface area contributed by atoms with Crippen LogP contribution in [-0.4, -0.2) is 31.8 Å². The average Bonchev–Trinajstić information content (AvgIpc) is 3.16. The number of carbonyl (C=O) groups is 2. The molecule has 3 rings (SSSR count). The third kappa shape index (κ3) is 5.17. The van der Waals surface area contributed by atoms with Gasteiger partial charge >= 0.3 is 5.97 Å². The molecule has 0 spiro atoms. The zero-order valence-corrected chi connectivity index (χ0v) is 17.8. The summed E-state index contributed by atoms with van der Waals surface area (Å²) in [6.07, 6.45) is 0.292. The van der Waals surface area contributed by atoms with E-state index in [9.17, 15) is 14.4 Å². The molecule has 7 nitrogen and oxygen atoms in total. The van der Waals surface area contributed by atoms with Crippen LogP contribution in [0.3, 0.4) is 0 Å². The molecule has 2 N–H and O–H groups in total. The van der Waals surface area contributed by atoms with Crippen molar-refractivity contribution in [3.8, 4) is 0 Å². The molecular weight excluding hydrogens is 434 g/mol. The second kappa shape index (κ2) is 9.43. The summed E-state index contributed by atoms with van der Waals surface area (Å²) in [6.45, 7) is 1.86. The molecule has 152 valence electrons. The van der Waals surface area contributed by atoms with Crippen LogP contribution in [0.1, 0.15) is 19.8 Å². The lowest BCUT2D eigenvalue weighted by atomic mass is 10.3. The number of thiophene rings is 1. The van der Waals surface area contributed by atoms with Gasteiger partial charge in [0.2, 0.25) is 5.91 Å². The highest BCUT2D eigenvalue weighted by Gasteiger charge is 2.22. The number of fused-ring (bicyclic) bond motifs is 1. The van der Waals surface area contributed by atoms with Gasteiger partial charge in [0.05, 0.1) is 17.2 Å². The molecule has 0 aliphatic rings. The van der Waals surface area contributed by atoms with Crippen LogP contribution in [0.4, 0.5) is 5.69 Å². The van der Waals surface area contributed by atoms with E-state index in [-0.39, 0.29) is 24.4 Å². The molecule has 0 aliphatic heterocycles. The van der Waals surface area contributed by atoms with Crippen LogP contribution in [0, 0.1) is 0 Å². The van der Waals surface area contributed by atoms with E-state index in [0.29, 0.717) is 32.5 Å². The van der Waals surface area contributed by atoms with Crippen LogP contribution in [0.5, 0.6) is 0 Å². The van der Waals surface area contributed by atoms with E-state index in [2.05, 4.69) is 10.3 Å². The first-order chi connectivity index (χ1) is 13.9. The number of carbonyl (C=O) groups excluding carboxylic acids is 1. The van der Waals surface area contributed by atoms with Crippen molar-refractivity contribution in [3.63, 3.8) is 0 Å². The van der Waals surface area contributed by atoms with Crippen LogP contribution in [-0.2, 0) is 16.1 Å². The fraction of sp³-hybridized carbons (Fsp3) is 0.263. The minimum absolute atomic E-state index is 0.00736. The molecule has 2 heterocycles. The first-order valence-electron chi connectivity index (χ1n) is 8.82. The summed E-state index contributed by atoms with van der Waals surface area (Å²) in [5.41, 5.74) is 0.867. The summed E-state index contributed by atoms with van der Waals surface area (Å²) < 4.78 is 1.81. The van der Waals surface area contributed by atoms with E-state index in [1.165, 1.54) is 15.9 Å². The Balaban J connectivity index is 1.88. The predicted molar refractivity (Wildman–Crippen MR) is 116 cm³/mol. The van der Waals surface area contributed by atoms with Crippen molar-refractivity contribution in [1.29, 1.82) is 0 Å². The number of carboxylic acid groups (broad SMARTS) is 1. The van der Waals surface area contributed by atoms with Crippen LogP contribution in [0.15, 0.2) is 45.7 Å². The van der Waals surface area contributed by atoms with Crippen LogP contribution >= 0.6 is 34.7 Å². The first-order valence-corrected chi connectivity index (χ1v) is 11.0. The Hall–Kier alpha value is -2.36. The second-order valence-electron chi connectivity index (χ2n) is 6.14. The molecule has 0 aliphatic carbocycles. The van der Waals surface area contributed by atoms with Crippen molar-refractivity contribution in [3.05, 3.63) is 51.1 Å². The SMILES string of the molecule is CC[C@@H](Sc1nc2ccsc2c(=O)n1CCC(=O)O)C(=O)Nc1ccc(Cl)cc1. The van der Waals surface area contributed by atoms with Gasteiger partial charge in [0.15, 0.2) is 5.16 Å². The van der Waals surface area contributed by atoms with Gasteiger partial charge < -0.3 is 10.4 Å². The highest BCUT2D eigenvalue weighted by molar-refractivity contribution is 8.00. The van der Waals surface area contributed by atoms with Gasteiger partial charge in [-0.1, -0.05) is 30.3 Å². The molecule has 0 saturated heterocycles. The number of anilines is 1. The quantitative estimate of drug-likeness (QED) is 0.395. The molecule has 1 atom stereocenters. The molecule has 1 amide bonds. The number of aromatic nitrogens is 2. The maximum absolute atomic E-state index is 12.8. The van der Waals surface area contributed by atoms with Crippen LogP contribution in [0.2, 0.25) is 5.02 Å². The zero-order chi connectivity index (χ0) is 21.0. The molecule has 10 heteroatoms. The number of nitrogens with one attached hydrogen (secondary N) is 1. The molecular formula is C19H18ClN3O4S2. The molecule has 1 aromatic carbocycles. The van der Waals surface area contributed by atoms with Crippen LogP contribution < -0.4 is 10.9 Å². The lowest BCUT2D eigenvalue weighted by Gasteiger charge is -2.17. The van der Waals surface area contributed by atoms with Gasteiger partial charge in [-0.3, -0.25) is 19.0 Å². The zero-order valence-electron chi connectivity index (χ0n) is 15.4. The maximum atomic E-state index is 12.8. The van der Waals surface area contributed by atoms with E-state index in [0.717, 1.165) is 11.8 Å². The summed E-state index contributed by atoms with van der Waals surface area (Å²) in [6, 6.07) is 8.51. The van der Waals surface area contributed by atoms with Gasteiger partial charge in [0.1, 0.15) is 4.70 Å². The molecule has 29 heavy (non-hydrogen) atoms. The largest absolute Gasteiger partial charge is 0.481 e. The molecule has 3 aromatic rings.